The van der Waals surface area contributed by atoms with Gasteiger partial charge in [0.1, 0.15) is 5.75 Å². The van der Waals surface area contributed by atoms with Gasteiger partial charge in [0.05, 0.1) is 18.0 Å². The number of phenolic OH excluding ortho intramolecular Hbond substituents is 1. The highest BCUT2D eigenvalue weighted by atomic mass is 32.2. The monoisotopic (exact) mass is 263 g/mol. The summed E-state index contributed by atoms with van der Waals surface area (Å²) in [6, 6.07) is 3.79. The molecule has 0 radical (unpaired) electrons. The van der Waals surface area contributed by atoms with Crippen molar-refractivity contribution in [3.63, 3.8) is 0 Å². The van der Waals surface area contributed by atoms with Crippen molar-refractivity contribution in [2.24, 2.45) is 0 Å². The lowest BCUT2D eigenvalue weighted by molar-refractivity contribution is -0.0945. The predicted octanol–water partition coefficient (Wildman–Crippen LogP) is 1.34. The molecule has 0 amide bonds. The summed E-state index contributed by atoms with van der Waals surface area (Å²) >= 11 is 0. The van der Waals surface area contributed by atoms with Crippen LogP contribution in [0.5, 0.6) is 5.75 Å². The van der Waals surface area contributed by atoms with Crippen LogP contribution in [0.1, 0.15) is 5.56 Å². The second-order valence-electron chi connectivity index (χ2n) is 4.13. The topological polar surface area (TPSA) is 57.6 Å². The zero-order chi connectivity index (χ0) is 12.8. The maximum Gasteiger partial charge on any atom is 0.275 e. The molecule has 0 aliphatic carbocycles. The Morgan fingerprint density at radius 3 is 2.35 bits per heavy atom. The van der Waals surface area contributed by atoms with Crippen molar-refractivity contribution in [3.05, 3.63) is 23.8 Å². The number of hydrogen-bond donors (Lipinski definition) is 1. The lowest BCUT2D eigenvalue weighted by Crippen LogP contribution is -2.58. The largest absolute Gasteiger partial charge is 0.508 e. The first-order valence-corrected chi connectivity index (χ1v) is 6.33. The normalized spacial score (nSPS) is 19.9. The van der Waals surface area contributed by atoms with Crippen molar-refractivity contribution in [2.75, 3.05) is 13.1 Å². The maximum absolute atomic E-state index is 12.6. The number of rotatable bonds is 2. The fraction of sp³-hybridized carbons (Fsp3) is 0.400. The molecule has 1 fully saturated rings. The van der Waals surface area contributed by atoms with Crippen LogP contribution in [-0.4, -0.2) is 36.8 Å². The molecule has 94 valence electrons. The fourth-order valence-corrected chi connectivity index (χ4v) is 3.29. The Bertz CT molecular complexity index is 528. The minimum atomic E-state index is -3.92. The number of aryl methyl sites for hydroxylation is 1. The van der Waals surface area contributed by atoms with Crippen molar-refractivity contribution in [3.8, 4) is 5.75 Å². The highest BCUT2D eigenvalue weighted by Crippen LogP contribution is 2.33. The third-order valence-electron chi connectivity index (χ3n) is 2.49. The number of phenols is 1. The quantitative estimate of drug-likeness (QED) is 0.876. The van der Waals surface area contributed by atoms with Gasteiger partial charge in [-0.2, -0.15) is 4.31 Å². The highest BCUT2D eigenvalue weighted by Gasteiger charge is 2.49. The van der Waals surface area contributed by atoms with E-state index in [4.69, 9.17) is 0 Å². The smallest absolute Gasteiger partial charge is 0.275 e. The summed E-state index contributed by atoms with van der Waals surface area (Å²) in [5.74, 6) is -3.14. The molecule has 1 aromatic carbocycles. The Balaban J connectivity index is 2.33. The molecule has 7 heteroatoms. The first-order valence-electron chi connectivity index (χ1n) is 4.89. The predicted molar refractivity (Wildman–Crippen MR) is 56.5 cm³/mol. The fourth-order valence-electron chi connectivity index (χ4n) is 1.67. The Kier molecular flexibility index (Phi) is 2.62. The van der Waals surface area contributed by atoms with Gasteiger partial charge in [-0.25, -0.2) is 17.2 Å². The van der Waals surface area contributed by atoms with Crippen molar-refractivity contribution in [2.45, 2.75) is 17.7 Å². The summed E-state index contributed by atoms with van der Waals surface area (Å²) < 4.78 is 49.7. The van der Waals surface area contributed by atoms with Gasteiger partial charge in [0.15, 0.2) is 0 Å². The van der Waals surface area contributed by atoms with Gasteiger partial charge in [0, 0.05) is 0 Å². The van der Waals surface area contributed by atoms with Crippen molar-refractivity contribution in [1.29, 1.82) is 0 Å². The van der Waals surface area contributed by atoms with Gasteiger partial charge in [-0.1, -0.05) is 0 Å². The average Bonchev–Trinajstić information content (AvgIpc) is 2.12. The summed E-state index contributed by atoms with van der Waals surface area (Å²) in [5, 5.41) is 9.30. The highest BCUT2D eigenvalue weighted by molar-refractivity contribution is 7.89. The van der Waals surface area contributed by atoms with Crippen LogP contribution in [0.4, 0.5) is 8.78 Å². The molecule has 4 nitrogen and oxygen atoms in total. The number of alkyl halides is 2. The van der Waals surface area contributed by atoms with Gasteiger partial charge < -0.3 is 5.11 Å². The second kappa shape index (κ2) is 3.64. The van der Waals surface area contributed by atoms with E-state index >= 15 is 0 Å². The van der Waals surface area contributed by atoms with E-state index in [2.05, 4.69) is 0 Å². The number of halogens is 2. The number of benzene rings is 1. The van der Waals surface area contributed by atoms with Crippen LogP contribution in [0.25, 0.3) is 0 Å². The Morgan fingerprint density at radius 2 is 1.88 bits per heavy atom. The molecule has 1 heterocycles. The van der Waals surface area contributed by atoms with Crippen LogP contribution in [0, 0.1) is 6.92 Å². The molecule has 1 aliphatic heterocycles. The van der Waals surface area contributed by atoms with Crippen LogP contribution >= 0.6 is 0 Å². The van der Waals surface area contributed by atoms with Crippen LogP contribution in [0.2, 0.25) is 0 Å². The summed E-state index contributed by atoms with van der Waals surface area (Å²) in [6.07, 6.45) is 0. The SMILES string of the molecule is Cc1cc(O)cc(S(=O)(=O)N2CC(F)(F)C2)c1. The molecule has 2 rings (SSSR count). The number of hydrogen-bond acceptors (Lipinski definition) is 3. The van der Waals surface area contributed by atoms with Crippen molar-refractivity contribution in [1.82, 2.24) is 4.31 Å². The number of nitrogens with zero attached hydrogens (tertiary/aromatic N) is 1. The van der Waals surface area contributed by atoms with Gasteiger partial charge in [-0.3, -0.25) is 0 Å². The molecular weight excluding hydrogens is 252 g/mol. The molecule has 1 saturated heterocycles. The third-order valence-corrected chi connectivity index (χ3v) is 4.26. The van der Waals surface area contributed by atoms with Gasteiger partial charge in [-0.15, -0.1) is 0 Å². The summed E-state index contributed by atoms with van der Waals surface area (Å²) in [4.78, 5) is -0.162. The summed E-state index contributed by atoms with van der Waals surface area (Å²) in [5.41, 5.74) is 0.552. The molecule has 0 saturated carbocycles. The van der Waals surface area contributed by atoms with Gasteiger partial charge in [0.25, 0.3) is 5.92 Å². The first kappa shape index (κ1) is 12.3. The van der Waals surface area contributed by atoms with E-state index < -0.39 is 29.0 Å². The number of aromatic hydroxyl groups is 1. The molecule has 0 spiro atoms. The van der Waals surface area contributed by atoms with Crippen molar-refractivity contribution >= 4 is 10.0 Å². The lowest BCUT2D eigenvalue weighted by atomic mass is 10.2. The maximum atomic E-state index is 12.6. The molecule has 1 aromatic rings. The minimum Gasteiger partial charge on any atom is -0.508 e. The molecular formula is C10H11F2NO3S. The van der Waals surface area contributed by atoms with Crippen LogP contribution in [0.15, 0.2) is 23.1 Å². The van der Waals surface area contributed by atoms with E-state index in [9.17, 15) is 22.3 Å². The second-order valence-corrected chi connectivity index (χ2v) is 6.07. The van der Waals surface area contributed by atoms with E-state index in [-0.39, 0.29) is 10.6 Å². The minimum absolute atomic E-state index is 0.162. The van der Waals surface area contributed by atoms with E-state index in [1.54, 1.807) is 6.92 Å². The van der Waals surface area contributed by atoms with E-state index in [0.717, 1.165) is 6.07 Å². The molecule has 1 aliphatic rings. The third kappa shape index (κ3) is 2.25. The molecule has 17 heavy (non-hydrogen) atoms. The van der Waals surface area contributed by atoms with Gasteiger partial charge in [0.2, 0.25) is 10.0 Å². The first-order chi connectivity index (χ1) is 7.71. The Hall–Kier alpha value is -1.21. The molecule has 0 bridgehead atoms. The molecule has 0 unspecified atom stereocenters. The Labute approximate surface area is 97.5 Å². The molecule has 1 N–H and O–H groups in total. The Morgan fingerprint density at radius 1 is 1.29 bits per heavy atom. The lowest BCUT2D eigenvalue weighted by Gasteiger charge is -2.37. The van der Waals surface area contributed by atoms with Gasteiger partial charge in [-0.05, 0) is 30.7 Å². The molecule has 0 aromatic heterocycles. The molecule has 0 atom stereocenters. The van der Waals surface area contributed by atoms with E-state index in [1.807, 2.05) is 0 Å². The van der Waals surface area contributed by atoms with E-state index in [0.29, 0.717) is 9.87 Å². The summed E-state index contributed by atoms with van der Waals surface area (Å²) in [6.45, 7) is 0.0114. The summed E-state index contributed by atoms with van der Waals surface area (Å²) in [7, 11) is -3.92. The standard InChI is InChI=1S/C10H11F2NO3S/c1-7-2-8(14)4-9(3-7)17(15,16)13-5-10(11,12)6-13/h2-4,14H,5-6H2,1H3. The van der Waals surface area contributed by atoms with Crippen LogP contribution in [-0.2, 0) is 10.0 Å². The van der Waals surface area contributed by atoms with E-state index in [1.165, 1.54) is 12.1 Å². The zero-order valence-corrected chi connectivity index (χ0v) is 9.84. The van der Waals surface area contributed by atoms with Crippen molar-refractivity contribution < 1.29 is 22.3 Å². The van der Waals surface area contributed by atoms with Crippen LogP contribution in [0.3, 0.4) is 0 Å². The van der Waals surface area contributed by atoms with Crippen LogP contribution < -0.4 is 0 Å². The zero-order valence-electron chi connectivity index (χ0n) is 9.02. The number of sulfonamides is 1. The van der Waals surface area contributed by atoms with Gasteiger partial charge >= 0.3 is 0 Å². The average molecular weight is 263 g/mol.